The number of halogens is 1. The third-order valence-electron chi connectivity index (χ3n) is 4.46. The number of alkyl halides is 1. The lowest BCUT2D eigenvalue weighted by Gasteiger charge is -2.24. The van der Waals surface area contributed by atoms with Crippen LogP contribution in [0.1, 0.15) is 51.6 Å². The molecule has 0 fully saturated rings. The van der Waals surface area contributed by atoms with Crippen LogP contribution >= 0.6 is 11.6 Å². The van der Waals surface area contributed by atoms with Crippen molar-refractivity contribution in [3.8, 4) is 0 Å². The Kier molecular flexibility index (Phi) is 4.55. The van der Waals surface area contributed by atoms with E-state index in [0.29, 0.717) is 5.92 Å². The molecule has 0 aliphatic heterocycles. The van der Waals surface area contributed by atoms with Crippen molar-refractivity contribution in [3.63, 3.8) is 0 Å². The molecular formula is C19H23Cl. The van der Waals surface area contributed by atoms with Gasteiger partial charge in [-0.15, -0.1) is 11.6 Å². The molecule has 0 saturated carbocycles. The van der Waals surface area contributed by atoms with Crippen LogP contribution in [0.15, 0.2) is 36.4 Å². The first-order chi connectivity index (χ1) is 9.43. The molecule has 0 nitrogen and oxygen atoms in total. The van der Waals surface area contributed by atoms with Crippen molar-refractivity contribution in [3.05, 3.63) is 69.8 Å². The molecule has 0 aromatic heterocycles. The highest BCUT2D eigenvalue weighted by Crippen LogP contribution is 2.40. The first-order valence-corrected chi connectivity index (χ1v) is 7.63. The first-order valence-electron chi connectivity index (χ1n) is 7.19. The maximum Gasteiger partial charge on any atom is 0.0656 e. The second-order valence-corrected chi connectivity index (χ2v) is 6.25. The topological polar surface area (TPSA) is 0 Å². The fourth-order valence-electron chi connectivity index (χ4n) is 2.84. The van der Waals surface area contributed by atoms with Crippen LogP contribution in [0.5, 0.6) is 0 Å². The summed E-state index contributed by atoms with van der Waals surface area (Å²) in [4.78, 5) is 0. The summed E-state index contributed by atoms with van der Waals surface area (Å²) in [5.41, 5.74) is 7.92. The molecule has 2 atom stereocenters. The van der Waals surface area contributed by atoms with E-state index >= 15 is 0 Å². The lowest BCUT2D eigenvalue weighted by molar-refractivity contribution is 0.722. The molecule has 0 aliphatic carbocycles. The largest absolute Gasteiger partial charge is 0.117 e. The summed E-state index contributed by atoms with van der Waals surface area (Å²) in [7, 11) is 0. The highest BCUT2D eigenvalue weighted by molar-refractivity contribution is 6.21. The van der Waals surface area contributed by atoms with Crippen LogP contribution in [0.25, 0.3) is 0 Å². The minimum atomic E-state index is 0.0102. The number of aryl methyl sites for hydroxylation is 2. The second-order valence-electron chi connectivity index (χ2n) is 5.78. The van der Waals surface area contributed by atoms with E-state index in [0.717, 1.165) is 0 Å². The Morgan fingerprint density at radius 3 is 1.85 bits per heavy atom. The Bertz CT molecular complexity index is 573. The van der Waals surface area contributed by atoms with E-state index in [-0.39, 0.29) is 5.38 Å². The van der Waals surface area contributed by atoms with Gasteiger partial charge in [-0.25, -0.2) is 0 Å². The molecule has 0 aliphatic rings. The van der Waals surface area contributed by atoms with E-state index in [1.54, 1.807) is 0 Å². The van der Waals surface area contributed by atoms with Gasteiger partial charge in [-0.3, -0.25) is 0 Å². The summed E-state index contributed by atoms with van der Waals surface area (Å²) in [6.45, 7) is 10.9. The Balaban J connectivity index is 2.46. The molecule has 2 unspecified atom stereocenters. The van der Waals surface area contributed by atoms with Crippen LogP contribution in [0.3, 0.4) is 0 Å². The van der Waals surface area contributed by atoms with E-state index in [2.05, 4.69) is 65.0 Å². The summed E-state index contributed by atoms with van der Waals surface area (Å²) in [6, 6.07) is 12.8. The molecule has 0 heterocycles. The van der Waals surface area contributed by atoms with Crippen LogP contribution in [0.4, 0.5) is 0 Å². The fraction of sp³-hybridized carbons (Fsp3) is 0.368. The zero-order chi connectivity index (χ0) is 14.9. The van der Waals surface area contributed by atoms with E-state index in [1.807, 2.05) is 6.07 Å². The van der Waals surface area contributed by atoms with Crippen LogP contribution in [-0.2, 0) is 0 Å². The third kappa shape index (κ3) is 2.76. The van der Waals surface area contributed by atoms with E-state index < -0.39 is 0 Å². The maximum atomic E-state index is 6.85. The van der Waals surface area contributed by atoms with Crippen LogP contribution in [-0.4, -0.2) is 0 Å². The zero-order valence-corrected chi connectivity index (χ0v) is 13.8. The predicted octanol–water partition coefficient (Wildman–Crippen LogP) is 6.00. The monoisotopic (exact) mass is 286 g/mol. The van der Waals surface area contributed by atoms with Gasteiger partial charge in [0.15, 0.2) is 0 Å². The van der Waals surface area contributed by atoms with E-state index in [1.165, 1.54) is 33.4 Å². The highest BCUT2D eigenvalue weighted by atomic mass is 35.5. The Morgan fingerprint density at radius 2 is 1.35 bits per heavy atom. The van der Waals surface area contributed by atoms with Crippen molar-refractivity contribution in [2.45, 2.75) is 45.9 Å². The van der Waals surface area contributed by atoms with Crippen molar-refractivity contribution in [1.82, 2.24) is 0 Å². The summed E-state index contributed by atoms with van der Waals surface area (Å²) >= 11 is 6.85. The van der Waals surface area contributed by atoms with Crippen molar-refractivity contribution in [2.75, 3.05) is 0 Å². The maximum absolute atomic E-state index is 6.85. The lowest BCUT2D eigenvalue weighted by Crippen LogP contribution is -2.08. The van der Waals surface area contributed by atoms with Gasteiger partial charge in [0, 0.05) is 5.92 Å². The SMILES string of the molecule is Cc1cc(C)c(C)c(C(Cl)C(C)c2ccccc2)c1C. The molecule has 0 bridgehead atoms. The normalized spacial score (nSPS) is 14.1. The number of benzene rings is 2. The molecule has 20 heavy (non-hydrogen) atoms. The van der Waals surface area contributed by atoms with Gasteiger partial charge in [0.1, 0.15) is 0 Å². The van der Waals surface area contributed by atoms with Crippen molar-refractivity contribution >= 4 is 11.6 Å². The van der Waals surface area contributed by atoms with Gasteiger partial charge in [-0.1, -0.05) is 43.3 Å². The molecule has 0 N–H and O–H groups in total. The van der Waals surface area contributed by atoms with Gasteiger partial charge < -0.3 is 0 Å². The highest BCUT2D eigenvalue weighted by Gasteiger charge is 2.23. The zero-order valence-electron chi connectivity index (χ0n) is 13.0. The molecule has 0 amide bonds. The summed E-state index contributed by atoms with van der Waals surface area (Å²) in [5, 5.41) is 0.0102. The second kappa shape index (κ2) is 6.01. The molecule has 0 radical (unpaired) electrons. The van der Waals surface area contributed by atoms with E-state index in [9.17, 15) is 0 Å². The summed E-state index contributed by atoms with van der Waals surface area (Å²) < 4.78 is 0. The summed E-state index contributed by atoms with van der Waals surface area (Å²) in [6.07, 6.45) is 0. The smallest absolute Gasteiger partial charge is 0.0656 e. The van der Waals surface area contributed by atoms with Crippen molar-refractivity contribution in [1.29, 1.82) is 0 Å². The quantitative estimate of drug-likeness (QED) is 0.607. The standard InChI is InChI=1S/C19H23Cl/c1-12-11-13(2)15(4)18(14(12)3)19(20)16(5)17-9-7-6-8-10-17/h6-11,16,19H,1-5H3. The molecule has 0 spiro atoms. The minimum Gasteiger partial charge on any atom is -0.117 e. The molecule has 106 valence electrons. The molecule has 2 aromatic carbocycles. The molecule has 1 heteroatoms. The molecular weight excluding hydrogens is 264 g/mol. The Morgan fingerprint density at radius 1 is 0.850 bits per heavy atom. The summed E-state index contributed by atoms with van der Waals surface area (Å²) in [5.74, 6) is 0.302. The van der Waals surface area contributed by atoms with Gasteiger partial charge in [0.25, 0.3) is 0 Å². The van der Waals surface area contributed by atoms with Crippen LogP contribution in [0.2, 0.25) is 0 Å². The lowest BCUT2D eigenvalue weighted by atomic mass is 9.85. The van der Waals surface area contributed by atoms with Crippen LogP contribution in [0, 0.1) is 27.7 Å². The fourth-order valence-corrected chi connectivity index (χ4v) is 3.31. The van der Waals surface area contributed by atoms with Gasteiger partial charge in [0.2, 0.25) is 0 Å². The predicted molar refractivity (Wildman–Crippen MR) is 88.8 cm³/mol. The average molecular weight is 287 g/mol. The van der Waals surface area contributed by atoms with Gasteiger partial charge in [0.05, 0.1) is 5.38 Å². The Hall–Kier alpha value is -1.27. The number of hydrogen-bond acceptors (Lipinski definition) is 0. The average Bonchev–Trinajstić information content (AvgIpc) is 2.45. The first kappa shape index (κ1) is 15.1. The van der Waals surface area contributed by atoms with Crippen molar-refractivity contribution in [2.24, 2.45) is 0 Å². The van der Waals surface area contributed by atoms with Gasteiger partial charge >= 0.3 is 0 Å². The molecule has 2 rings (SSSR count). The van der Waals surface area contributed by atoms with E-state index in [4.69, 9.17) is 11.6 Å². The van der Waals surface area contributed by atoms with Gasteiger partial charge in [-0.2, -0.15) is 0 Å². The van der Waals surface area contributed by atoms with Crippen LogP contribution < -0.4 is 0 Å². The number of rotatable bonds is 3. The van der Waals surface area contributed by atoms with Crippen molar-refractivity contribution < 1.29 is 0 Å². The Labute approximate surface area is 127 Å². The minimum absolute atomic E-state index is 0.0102. The molecule has 2 aromatic rings. The van der Waals surface area contributed by atoms with Gasteiger partial charge in [-0.05, 0) is 61.1 Å². The number of hydrogen-bond donors (Lipinski definition) is 0. The molecule has 0 saturated heterocycles. The third-order valence-corrected chi connectivity index (χ3v) is 5.06.